The lowest BCUT2D eigenvalue weighted by atomic mass is 9.84. The first-order valence-corrected chi connectivity index (χ1v) is 14.7. The van der Waals surface area contributed by atoms with Crippen molar-refractivity contribution in [2.45, 2.75) is 51.2 Å². The van der Waals surface area contributed by atoms with Gasteiger partial charge in [-0.05, 0) is 45.1 Å². The highest BCUT2D eigenvalue weighted by molar-refractivity contribution is 7.21. The number of nitrogens with zero attached hydrogens (tertiary/aromatic N) is 6. The summed E-state index contributed by atoms with van der Waals surface area (Å²) in [5.74, 6) is -0.493. The topological polar surface area (TPSA) is 119 Å². The number of fused-ring (bicyclic) bond motifs is 2. The lowest BCUT2D eigenvalue weighted by Gasteiger charge is -2.47. The monoisotopic (exact) mass is 560 g/mol. The molecule has 1 spiro atoms. The molecular formula is C28H32N8O3S. The van der Waals surface area contributed by atoms with Crippen LogP contribution in [0, 0.1) is 6.92 Å². The molecule has 40 heavy (non-hydrogen) atoms. The Morgan fingerprint density at radius 1 is 1.10 bits per heavy atom. The summed E-state index contributed by atoms with van der Waals surface area (Å²) >= 11 is 1.53. The van der Waals surface area contributed by atoms with Crippen molar-refractivity contribution in [2.24, 2.45) is 0 Å². The number of ether oxygens (including phenoxy) is 1. The van der Waals surface area contributed by atoms with Gasteiger partial charge in [0.2, 0.25) is 0 Å². The van der Waals surface area contributed by atoms with E-state index in [0.717, 1.165) is 73.7 Å². The fourth-order valence-corrected chi connectivity index (χ4v) is 7.00. The van der Waals surface area contributed by atoms with E-state index in [4.69, 9.17) is 4.74 Å². The van der Waals surface area contributed by atoms with Gasteiger partial charge in [0.25, 0.3) is 11.8 Å². The lowest BCUT2D eigenvalue weighted by Crippen LogP contribution is -2.53. The maximum Gasteiger partial charge on any atom is 0.260 e. The molecule has 0 aromatic carbocycles. The first-order chi connectivity index (χ1) is 19.5. The van der Waals surface area contributed by atoms with Crippen molar-refractivity contribution in [1.29, 1.82) is 0 Å². The Morgan fingerprint density at radius 2 is 1.95 bits per heavy atom. The Kier molecular flexibility index (Phi) is 6.40. The molecule has 0 aliphatic carbocycles. The van der Waals surface area contributed by atoms with Crippen molar-refractivity contribution >= 4 is 33.7 Å². The van der Waals surface area contributed by atoms with Gasteiger partial charge in [-0.3, -0.25) is 19.3 Å². The molecular weight excluding hydrogens is 528 g/mol. The highest BCUT2D eigenvalue weighted by atomic mass is 32.1. The van der Waals surface area contributed by atoms with Crippen LogP contribution in [0.25, 0.3) is 15.3 Å². The normalized spacial score (nSPS) is 18.1. The number of rotatable bonds is 7. The number of aryl methyl sites for hydroxylation is 2. The molecule has 4 aromatic rings. The third-order valence-electron chi connectivity index (χ3n) is 8.48. The SMILES string of the molecule is Cc1ncc(C(=O)NCCN2CCC3(CCO3)CC2)cc1NC(=O)c1cnn2cc(-c3cnn4c3CCC4)sc12. The van der Waals surface area contributed by atoms with Gasteiger partial charge >= 0.3 is 0 Å². The van der Waals surface area contributed by atoms with Crippen LogP contribution in [0.1, 0.15) is 57.8 Å². The minimum Gasteiger partial charge on any atom is -0.375 e. The van der Waals surface area contributed by atoms with Crippen molar-refractivity contribution in [2.75, 3.05) is 38.1 Å². The molecule has 3 aliphatic rings. The van der Waals surface area contributed by atoms with Gasteiger partial charge in [-0.25, -0.2) is 4.52 Å². The summed E-state index contributed by atoms with van der Waals surface area (Å²) in [4.78, 5) is 34.7. The maximum absolute atomic E-state index is 13.3. The van der Waals surface area contributed by atoms with Gasteiger partial charge in [0.05, 0.1) is 52.0 Å². The number of hydrogen-bond acceptors (Lipinski definition) is 8. The molecule has 3 aliphatic heterocycles. The summed E-state index contributed by atoms with van der Waals surface area (Å²) in [5, 5.41) is 14.8. The smallest absolute Gasteiger partial charge is 0.260 e. The number of carbonyl (C=O) groups is 2. The van der Waals surface area contributed by atoms with E-state index < -0.39 is 0 Å². The van der Waals surface area contributed by atoms with Crippen LogP contribution < -0.4 is 10.6 Å². The molecule has 12 heteroatoms. The molecule has 4 aromatic heterocycles. The zero-order valence-electron chi connectivity index (χ0n) is 22.5. The second-order valence-electron chi connectivity index (χ2n) is 10.9. The zero-order chi connectivity index (χ0) is 27.3. The Hall–Kier alpha value is -3.61. The van der Waals surface area contributed by atoms with Crippen LogP contribution in [0.2, 0.25) is 0 Å². The molecule has 7 heterocycles. The van der Waals surface area contributed by atoms with Gasteiger partial charge in [0, 0.05) is 56.4 Å². The zero-order valence-corrected chi connectivity index (χ0v) is 23.3. The molecule has 208 valence electrons. The van der Waals surface area contributed by atoms with Crippen molar-refractivity contribution in [1.82, 2.24) is 34.6 Å². The van der Waals surface area contributed by atoms with Gasteiger partial charge in [-0.1, -0.05) is 0 Å². The molecule has 2 amide bonds. The number of piperidine rings is 1. The molecule has 0 saturated carbocycles. The molecule has 2 saturated heterocycles. The van der Waals surface area contributed by atoms with Crippen LogP contribution in [0.15, 0.2) is 30.9 Å². The van der Waals surface area contributed by atoms with Gasteiger partial charge in [0.15, 0.2) is 0 Å². The van der Waals surface area contributed by atoms with E-state index in [1.165, 1.54) is 23.5 Å². The summed E-state index contributed by atoms with van der Waals surface area (Å²) in [6.07, 6.45) is 12.4. The van der Waals surface area contributed by atoms with E-state index in [1.54, 1.807) is 23.0 Å². The average Bonchev–Trinajstić information content (AvgIpc) is 3.71. The van der Waals surface area contributed by atoms with Gasteiger partial charge in [-0.15, -0.1) is 11.3 Å². The average molecular weight is 561 g/mol. The maximum atomic E-state index is 13.3. The third kappa shape index (κ3) is 4.59. The molecule has 11 nitrogen and oxygen atoms in total. The number of pyridine rings is 1. The minimum absolute atomic E-state index is 0.128. The van der Waals surface area contributed by atoms with E-state index in [-0.39, 0.29) is 17.4 Å². The predicted molar refractivity (Wildman–Crippen MR) is 151 cm³/mol. The highest BCUT2D eigenvalue weighted by Gasteiger charge is 2.40. The summed E-state index contributed by atoms with van der Waals surface area (Å²) < 4.78 is 9.58. The van der Waals surface area contributed by atoms with Crippen LogP contribution >= 0.6 is 11.3 Å². The number of anilines is 1. The Balaban J connectivity index is 0.996. The molecule has 0 bridgehead atoms. The highest BCUT2D eigenvalue weighted by Crippen LogP contribution is 2.37. The summed E-state index contributed by atoms with van der Waals surface area (Å²) in [5.41, 5.74) is 4.50. The third-order valence-corrected chi connectivity index (χ3v) is 9.63. The number of hydrogen-bond donors (Lipinski definition) is 2. The fraction of sp³-hybridized carbons (Fsp3) is 0.464. The molecule has 0 unspecified atom stereocenters. The predicted octanol–water partition coefficient (Wildman–Crippen LogP) is 3.15. The van der Waals surface area contributed by atoms with Crippen LogP contribution in [-0.2, 0) is 17.7 Å². The van der Waals surface area contributed by atoms with E-state index in [1.807, 2.05) is 19.3 Å². The van der Waals surface area contributed by atoms with E-state index in [2.05, 4.69) is 35.4 Å². The van der Waals surface area contributed by atoms with Crippen molar-refractivity contribution in [3.05, 3.63) is 53.4 Å². The minimum atomic E-state index is -0.288. The quantitative estimate of drug-likeness (QED) is 0.357. The van der Waals surface area contributed by atoms with Gasteiger partial charge in [0.1, 0.15) is 4.83 Å². The first kappa shape index (κ1) is 25.4. The first-order valence-electron chi connectivity index (χ1n) is 13.9. The Labute approximate surface area is 235 Å². The van der Waals surface area contributed by atoms with Crippen molar-refractivity contribution in [3.63, 3.8) is 0 Å². The Morgan fingerprint density at radius 3 is 2.75 bits per heavy atom. The lowest BCUT2D eigenvalue weighted by molar-refractivity contribution is -0.172. The van der Waals surface area contributed by atoms with Gasteiger partial charge < -0.3 is 20.3 Å². The molecule has 0 radical (unpaired) electrons. The number of thiazole rings is 1. The van der Waals surface area contributed by atoms with Crippen LogP contribution in [-0.4, -0.2) is 79.5 Å². The number of nitrogens with one attached hydrogen (secondary N) is 2. The van der Waals surface area contributed by atoms with Crippen LogP contribution in [0.5, 0.6) is 0 Å². The number of aromatic nitrogens is 5. The Bertz CT molecular complexity index is 1590. The standard InChI is InChI=1S/C28H32N8O3S/c1-18-22(13-19(14-30-18)25(37)29-7-11-34-9-4-28(5-10-34)6-12-39-28)33-26(38)21-16-32-36-17-24(40-27(21)36)20-15-31-35-8-2-3-23(20)35/h13-17H,2-12H2,1H3,(H,29,37)(H,33,38). The number of amides is 2. The van der Waals surface area contributed by atoms with Crippen molar-refractivity contribution < 1.29 is 14.3 Å². The van der Waals surface area contributed by atoms with E-state index in [9.17, 15) is 9.59 Å². The molecule has 0 atom stereocenters. The second-order valence-corrected chi connectivity index (χ2v) is 12.0. The summed E-state index contributed by atoms with van der Waals surface area (Å²) in [7, 11) is 0. The number of likely N-dealkylation sites (tertiary alicyclic amines) is 1. The number of carbonyl (C=O) groups excluding carboxylic acids is 2. The summed E-state index contributed by atoms with van der Waals surface area (Å²) in [6, 6.07) is 1.69. The van der Waals surface area contributed by atoms with E-state index >= 15 is 0 Å². The van der Waals surface area contributed by atoms with E-state index in [0.29, 0.717) is 29.1 Å². The van der Waals surface area contributed by atoms with Crippen LogP contribution in [0.4, 0.5) is 5.69 Å². The summed E-state index contributed by atoms with van der Waals surface area (Å²) in [6.45, 7) is 6.99. The second kappa shape index (κ2) is 10.1. The fourth-order valence-electron chi connectivity index (χ4n) is 5.91. The molecule has 2 N–H and O–H groups in total. The molecule has 7 rings (SSSR count). The largest absolute Gasteiger partial charge is 0.375 e. The van der Waals surface area contributed by atoms with Gasteiger partial charge in [-0.2, -0.15) is 10.2 Å². The molecule has 2 fully saturated rings. The van der Waals surface area contributed by atoms with Crippen molar-refractivity contribution in [3.8, 4) is 10.4 Å². The van der Waals surface area contributed by atoms with Crippen LogP contribution in [0.3, 0.4) is 0 Å².